The van der Waals surface area contributed by atoms with Gasteiger partial charge in [-0.1, -0.05) is 123 Å². The maximum atomic E-state index is 12.0. The van der Waals surface area contributed by atoms with Gasteiger partial charge in [0.2, 0.25) is 5.91 Å². The van der Waals surface area contributed by atoms with E-state index in [0.29, 0.717) is 5.91 Å². The van der Waals surface area contributed by atoms with Gasteiger partial charge in [-0.05, 0) is 25.2 Å². The SMILES string of the molecule is CC(C)CCCCCCCCCCCCCCCCCCCC(=O)N1CCCC1. The number of carbonyl (C=O) groups excluding carboxylic acids is 1. The van der Waals surface area contributed by atoms with E-state index < -0.39 is 0 Å². The highest BCUT2D eigenvalue weighted by atomic mass is 16.2. The Morgan fingerprint density at radius 1 is 0.586 bits per heavy atom. The van der Waals surface area contributed by atoms with Crippen LogP contribution in [0.3, 0.4) is 0 Å². The molecule has 172 valence electrons. The average Bonchev–Trinajstić information content (AvgIpc) is 3.24. The predicted octanol–water partition coefficient (Wildman–Crippen LogP) is 8.68. The van der Waals surface area contributed by atoms with E-state index in [9.17, 15) is 4.79 Å². The van der Waals surface area contributed by atoms with Crippen LogP contribution in [0.25, 0.3) is 0 Å². The van der Waals surface area contributed by atoms with Crippen LogP contribution in [0.2, 0.25) is 0 Å². The van der Waals surface area contributed by atoms with Crippen molar-refractivity contribution in [2.24, 2.45) is 5.92 Å². The zero-order valence-corrected chi connectivity index (χ0v) is 20.2. The molecule has 0 radical (unpaired) electrons. The molecule has 1 aliphatic rings. The Labute approximate surface area is 183 Å². The van der Waals surface area contributed by atoms with Crippen LogP contribution in [-0.2, 0) is 4.79 Å². The van der Waals surface area contributed by atoms with E-state index in [-0.39, 0.29) is 0 Å². The number of hydrogen-bond acceptors (Lipinski definition) is 1. The lowest BCUT2D eigenvalue weighted by Gasteiger charge is -2.14. The maximum absolute atomic E-state index is 12.0. The fourth-order valence-corrected chi connectivity index (χ4v) is 4.61. The Morgan fingerprint density at radius 2 is 0.931 bits per heavy atom. The van der Waals surface area contributed by atoms with Crippen molar-refractivity contribution in [3.05, 3.63) is 0 Å². The lowest BCUT2D eigenvalue weighted by Crippen LogP contribution is -2.27. The molecule has 0 aromatic carbocycles. The number of unbranched alkanes of at least 4 members (excludes halogenated alkanes) is 16. The fourth-order valence-electron chi connectivity index (χ4n) is 4.61. The first-order chi connectivity index (χ1) is 14.2. The van der Waals surface area contributed by atoms with Gasteiger partial charge in [-0.3, -0.25) is 4.79 Å². The second-order valence-corrected chi connectivity index (χ2v) is 10.0. The molecule has 0 aromatic heterocycles. The van der Waals surface area contributed by atoms with E-state index in [1.165, 1.54) is 122 Å². The summed E-state index contributed by atoms with van der Waals surface area (Å²) >= 11 is 0. The van der Waals surface area contributed by atoms with Gasteiger partial charge in [-0.2, -0.15) is 0 Å². The van der Waals surface area contributed by atoms with Crippen LogP contribution in [-0.4, -0.2) is 23.9 Å². The molecular formula is C27H53NO. The molecule has 0 spiro atoms. The summed E-state index contributed by atoms with van der Waals surface area (Å²) in [6, 6.07) is 0. The van der Waals surface area contributed by atoms with E-state index in [2.05, 4.69) is 18.7 Å². The lowest BCUT2D eigenvalue weighted by molar-refractivity contribution is -0.130. The molecule has 2 heteroatoms. The predicted molar refractivity (Wildman–Crippen MR) is 128 cm³/mol. The van der Waals surface area contributed by atoms with Gasteiger partial charge in [-0.25, -0.2) is 0 Å². The van der Waals surface area contributed by atoms with E-state index in [4.69, 9.17) is 0 Å². The number of likely N-dealkylation sites (tertiary alicyclic amines) is 1. The molecule has 0 N–H and O–H groups in total. The van der Waals surface area contributed by atoms with Gasteiger partial charge in [0.15, 0.2) is 0 Å². The summed E-state index contributed by atoms with van der Waals surface area (Å²) in [6.07, 6.45) is 28.5. The number of amides is 1. The normalized spacial score (nSPS) is 14.2. The standard InChI is InChI=1S/C27H53NO/c1-26(2)22-18-16-14-12-10-8-6-4-3-5-7-9-11-13-15-17-19-23-27(29)28-24-20-21-25-28/h26H,3-25H2,1-2H3. The zero-order chi connectivity index (χ0) is 21.0. The molecule has 1 fully saturated rings. The van der Waals surface area contributed by atoms with Crippen molar-refractivity contribution in [1.29, 1.82) is 0 Å². The van der Waals surface area contributed by atoms with Crippen LogP contribution in [0.1, 0.15) is 149 Å². The maximum Gasteiger partial charge on any atom is 0.222 e. The Hall–Kier alpha value is -0.530. The van der Waals surface area contributed by atoms with E-state index in [1.54, 1.807) is 0 Å². The molecule has 1 aliphatic heterocycles. The molecule has 0 atom stereocenters. The van der Waals surface area contributed by atoms with Crippen molar-refractivity contribution in [2.75, 3.05) is 13.1 Å². The van der Waals surface area contributed by atoms with Gasteiger partial charge < -0.3 is 4.90 Å². The van der Waals surface area contributed by atoms with Crippen molar-refractivity contribution in [3.63, 3.8) is 0 Å². The van der Waals surface area contributed by atoms with Gasteiger partial charge >= 0.3 is 0 Å². The van der Waals surface area contributed by atoms with Crippen LogP contribution in [0, 0.1) is 5.92 Å². The van der Waals surface area contributed by atoms with E-state index >= 15 is 0 Å². The van der Waals surface area contributed by atoms with E-state index in [0.717, 1.165) is 31.8 Å². The lowest BCUT2D eigenvalue weighted by atomic mass is 10.0. The third-order valence-corrected chi connectivity index (χ3v) is 6.63. The topological polar surface area (TPSA) is 20.3 Å². The number of nitrogens with zero attached hydrogens (tertiary/aromatic N) is 1. The molecule has 0 saturated carbocycles. The molecule has 1 heterocycles. The van der Waals surface area contributed by atoms with Gasteiger partial charge in [-0.15, -0.1) is 0 Å². The molecule has 1 rings (SSSR count). The number of carbonyl (C=O) groups is 1. The molecule has 0 unspecified atom stereocenters. The second-order valence-electron chi connectivity index (χ2n) is 10.0. The van der Waals surface area contributed by atoms with Gasteiger partial charge in [0.1, 0.15) is 0 Å². The third kappa shape index (κ3) is 16.9. The molecule has 29 heavy (non-hydrogen) atoms. The zero-order valence-electron chi connectivity index (χ0n) is 20.2. The molecule has 0 aromatic rings. The molecule has 2 nitrogen and oxygen atoms in total. The fraction of sp³-hybridized carbons (Fsp3) is 0.963. The van der Waals surface area contributed by atoms with Gasteiger partial charge in [0.05, 0.1) is 0 Å². The van der Waals surface area contributed by atoms with Crippen molar-refractivity contribution >= 4 is 5.91 Å². The monoisotopic (exact) mass is 407 g/mol. The largest absolute Gasteiger partial charge is 0.343 e. The molecule has 0 aliphatic carbocycles. The molecule has 1 amide bonds. The highest BCUT2D eigenvalue weighted by Gasteiger charge is 2.16. The minimum atomic E-state index is 0.407. The summed E-state index contributed by atoms with van der Waals surface area (Å²) in [5, 5.41) is 0. The summed E-state index contributed by atoms with van der Waals surface area (Å²) in [5.41, 5.74) is 0. The minimum absolute atomic E-state index is 0.407. The number of rotatable bonds is 20. The van der Waals surface area contributed by atoms with E-state index in [1.807, 2.05) is 0 Å². The first-order valence-corrected chi connectivity index (χ1v) is 13.5. The van der Waals surface area contributed by atoms with Crippen LogP contribution >= 0.6 is 0 Å². The quantitative estimate of drug-likeness (QED) is 0.185. The van der Waals surface area contributed by atoms with Crippen LogP contribution < -0.4 is 0 Å². The highest BCUT2D eigenvalue weighted by molar-refractivity contribution is 5.76. The average molecular weight is 408 g/mol. The number of hydrogen-bond donors (Lipinski definition) is 0. The van der Waals surface area contributed by atoms with Crippen molar-refractivity contribution in [3.8, 4) is 0 Å². The Morgan fingerprint density at radius 3 is 1.31 bits per heavy atom. The minimum Gasteiger partial charge on any atom is -0.343 e. The smallest absolute Gasteiger partial charge is 0.222 e. The summed E-state index contributed by atoms with van der Waals surface area (Å²) in [7, 11) is 0. The summed E-state index contributed by atoms with van der Waals surface area (Å²) in [6.45, 7) is 6.69. The van der Waals surface area contributed by atoms with Crippen LogP contribution in [0.4, 0.5) is 0 Å². The van der Waals surface area contributed by atoms with Crippen LogP contribution in [0.5, 0.6) is 0 Å². The summed E-state index contributed by atoms with van der Waals surface area (Å²) in [4.78, 5) is 14.0. The first kappa shape index (κ1) is 26.5. The molecule has 0 bridgehead atoms. The highest BCUT2D eigenvalue weighted by Crippen LogP contribution is 2.16. The first-order valence-electron chi connectivity index (χ1n) is 13.5. The van der Waals surface area contributed by atoms with Crippen molar-refractivity contribution in [1.82, 2.24) is 4.90 Å². The molecule has 1 saturated heterocycles. The molecular weight excluding hydrogens is 354 g/mol. The second kappa shape index (κ2) is 19.4. The van der Waals surface area contributed by atoms with Gasteiger partial charge in [0, 0.05) is 19.5 Å². The Bertz CT molecular complexity index is 360. The Balaban J connectivity index is 1.67. The van der Waals surface area contributed by atoms with Gasteiger partial charge in [0.25, 0.3) is 0 Å². The van der Waals surface area contributed by atoms with Crippen molar-refractivity contribution in [2.45, 2.75) is 149 Å². The summed E-state index contributed by atoms with van der Waals surface area (Å²) < 4.78 is 0. The van der Waals surface area contributed by atoms with Crippen LogP contribution in [0.15, 0.2) is 0 Å². The Kier molecular flexibility index (Phi) is 17.8. The summed E-state index contributed by atoms with van der Waals surface area (Å²) in [5.74, 6) is 1.29. The third-order valence-electron chi connectivity index (χ3n) is 6.63. The van der Waals surface area contributed by atoms with Crippen molar-refractivity contribution < 1.29 is 4.79 Å².